The summed E-state index contributed by atoms with van der Waals surface area (Å²) in [6.45, 7) is 6.72. The van der Waals surface area contributed by atoms with Crippen LogP contribution in [-0.2, 0) is 14.2 Å². The van der Waals surface area contributed by atoms with Gasteiger partial charge >= 0.3 is 57.4 Å². The number of imidazole rings is 2. The predicted octanol–water partition coefficient (Wildman–Crippen LogP) is -1.72. The van der Waals surface area contributed by atoms with Crippen LogP contribution in [0.5, 0.6) is 0 Å². The first-order chi connectivity index (χ1) is 21.8. The largest absolute Gasteiger partial charge is 1.00 e. The van der Waals surface area contributed by atoms with Crippen molar-refractivity contribution in [3.05, 3.63) is 60.0 Å². The number of hydrogen-bond acceptors (Lipinski definition) is 14. The van der Waals surface area contributed by atoms with Crippen LogP contribution in [0.25, 0.3) is 11.6 Å². The van der Waals surface area contributed by atoms with Crippen molar-refractivity contribution in [1.82, 2.24) is 39.0 Å². The van der Waals surface area contributed by atoms with Crippen LogP contribution in [-0.4, -0.2) is 96.6 Å². The van der Waals surface area contributed by atoms with Crippen LogP contribution in [0.2, 0.25) is 0 Å². The maximum atomic E-state index is 11.5. The maximum absolute atomic E-state index is 11.5. The molecule has 238 valence electrons. The summed E-state index contributed by atoms with van der Waals surface area (Å²) in [6, 6.07) is 0.596. The molecule has 4 aromatic rings. The van der Waals surface area contributed by atoms with Crippen molar-refractivity contribution >= 4 is 23.8 Å². The van der Waals surface area contributed by atoms with E-state index in [1.165, 1.54) is 19.6 Å². The summed E-state index contributed by atoms with van der Waals surface area (Å²) in [7, 11) is 1.33. The summed E-state index contributed by atoms with van der Waals surface area (Å²) in [4.78, 5) is 47.8. The van der Waals surface area contributed by atoms with Crippen LogP contribution in [0, 0.1) is 13.8 Å². The van der Waals surface area contributed by atoms with Gasteiger partial charge in [0.1, 0.15) is 30.0 Å². The average Bonchev–Trinajstić information content (AvgIpc) is 3.75. The summed E-state index contributed by atoms with van der Waals surface area (Å²) in [5.74, 6) is 0.547. The molecular formula is C29H35KN10O6. The van der Waals surface area contributed by atoms with E-state index in [-0.39, 0.29) is 68.8 Å². The van der Waals surface area contributed by atoms with Crippen molar-refractivity contribution in [1.29, 1.82) is 0 Å². The van der Waals surface area contributed by atoms with E-state index in [0.29, 0.717) is 29.6 Å². The summed E-state index contributed by atoms with van der Waals surface area (Å²) in [5, 5.41) is 17.4. The molecule has 0 aromatic carbocycles. The normalized spacial score (nSPS) is 15.2. The molecule has 2 aliphatic heterocycles. The number of nitrogens with one attached hydrogen (secondary N) is 2. The molecule has 0 spiro atoms. The van der Waals surface area contributed by atoms with Crippen molar-refractivity contribution in [2.24, 2.45) is 0 Å². The van der Waals surface area contributed by atoms with Gasteiger partial charge in [-0.15, -0.1) is 0 Å². The molecule has 6 heterocycles. The minimum atomic E-state index is -1.31. The van der Waals surface area contributed by atoms with E-state index < -0.39 is 11.9 Å². The van der Waals surface area contributed by atoms with Gasteiger partial charge in [-0.3, -0.25) is 9.13 Å². The number of carboxylic acid groups (broad SMARTS) is 1. The number of methoxy groups -OCH3 is 1. The van der Waals surface area contributed by atoms with Crippen LogP contribution in [0.4, 0.5) is 11.9 Å². The molecule has 2 aliphatic rings. The van der Waals surface area contributed by atoms with E-state index in [2.05, 4.69) is 45.3 Å². The van der Waals surface area contributed by atoms with Gasteiger partial charge in [0.25, 0.3) is 0 Å². The standard InChI is InChI=1S/C15H19N5O3.C14H17N5O3.K/c1-10-7-16-15(18-11-3-5-23-6-4-11)19-13(10)20-8-12(17-9-20)14(21)22-2;1-9-6-15-14(17-10-2-4-22-5-3-10)18-12(9)19-7-11(13(20)21)16-8-19;/h7-9,11H,3-6H2,1-2H3,(H,16,18,19);6-8,10H,2-5H2,1H3,(H,20,21)(H,15,17,18);/q;;+1/p-1. The Labute approximate surface area is 308 Å². The topological polar surface area (TPSA) is 196 Å². The Morgan fingerprint density at radius 2 is 1.22 bits per heavy atom. The van der Waals surface area contributed by atoms with Gasteiger partial charge < -0.3 is 34.7 Å². The molecule has 0 unspecified atom stereocenters. The number of aromatic nitrogens is 8. The summed E-state index contributed by atoms with van der Waals surface area (Å²) >= 11 is 0. The number of aromatic carboxylic acids is 1. The summed E-state index contributed by atoms with van der Waals surface area (Å²) < 4.78 is 18.6. The number of carbonyl (C=O) groups excluding carboxylic acids is 2. The number of carboxylic acids is 1. The van der Waals surface area contributed by atoms with Crippen molar-refractivity contribution < 1.29 is 80.3 Å². The number of nitrogens with zero attached hydrogens (tertiary/aromatic N) is 8. The van der Waals surface area contributed by atoms with Crippen LogP contribution < -0.4 is 67.1 Å². The molecule has 2 fully saturated rings. The molecule has 6 rings (SSSR count). The second kappa shape index (κ2) is 17.0. The first kappa shape index (κ1) is 35.5. The van der Waals surface area contributed by atoms with Crippen molar-refractivity contribution in [3.8, 4) is 11.6 Å². The first-order valence-corrected chi connectivity index (χ1v) is 14.5. The van der Waals surface area contributed by atoms with E-state index in [1.54, 1.807) is 34.1 Å². The summed E-state index contributed by atoms with van der Waals surface area (Å²) in [6.07, 6.45) is 13.1. The smallest absolute Gasteiger partial charge is 0.543 e. The van der Waals surface area contributed by atoms with Gasteiger partial charge in [0.05, 0.1) is 13.1 Å². The molecule has 16 nitrogen and oxygen atoms in total. The number of carbonyl (C=O) groups is 2. The van der Waals surface area contributed by atoms with Gasteiger partial charge in [-0.25, -0.2) is 24.7 Å². The molecular weight excluding hydrogens is 623 g/mol. The fourth-order valence-corrected chi connectivity index (χ4v) is 4.77. The molecule has 0 bridgehead atoms. The van der Waals surface area contributed by atoms with E-state index >= 15 is 0 Å². The van der Waals surface area contributed by atoms with Crippen molar-refractivity contribution in [2.45, 2.75) is 51.6 Å². The molecule has 2 N–H and O–H groups in total. The molecule has 4 aromatic heterocycles. The molecule has 2 saturated heterocycles. The predicted molar refractivity (Wildman–Crippen MR) is 158 cm³/mol. The van der Waals surface area contributed by atoms with E-state index in [0.717, 1.165) is 63.2 Å². The molecule has 0 atom stereocenters. The van der Waals surface area contributed by atoms with Crippen LogP contribution in [0.1, 0.15) is 57.8 Å². The zero-order valence-corrected chi connectivity index (χ0v) is 29.4. The number of anilines is 2. The van der Waals surface area contributed by atoms with E-state index in [1.807, 2.05) is 13.8 Å². The van der Waals surface area contributed by atoms with Crippen molar-refractivity contribution in [2.75, 3.05) is 44.2 Å². The maximum Gasteiger partial charge on any atom is 1.00 e. The van der Waals surface area contributed by atoms with E-state index in [9.17, 15) is 14.7 Å². The second-order valence-electron chi connectivity index (χ2n) is 10.6. The Hall–Kier alpha value is -3.32. The summed E-state index contributed by atoms with van der Waals surface area (Å²) in [5.41, 5.74) is 1.82. The molecule has 0 amide bonds. The van der Waals surface area contributed by atoms with Gasteiger partial charge in [0.15, 0.2) is 5.69 Å². The van der Waals surface area contributed by atoms with Gasteiger partial charge in [-0.2, -0.15) is 9.97 Å². The monoisotopic (exact) mass is 658 g/mol. The SMILES string of the molecule is COC(=O)c1cn(-c2nc(NC3CCOCC3)ncc2C)cn1.Cc1cnc(NC2CCOCC2)nc1-n1cnc(C(=O)[O-])c1.[K+]. The second-order valence-corrected chi connectivity index (χ2v) is 10.6. The average molecular weight is 659 g/mol. The van der Waals surface area contributed by atoms with Crippen LogP contribution >= 0.6 is 0 Å². The molecule has 46 heavy (non-hydrogen) atoms. The van der Waals surface area contributed by atoms with Crippen LogP contribution in [0.3, 0.4) is 0 Å². The van der Waals surface area contributed by atoms with Gasteiger partial charge in [-0.05, 0) is 39.5 Å². The van der Waals surface area contributed by atoms with Crippen LogP contribution in [0.15, 0.2) is 37.4 Å². The molecule has 0 saturated carbocycles. The van der Waals surface area contributed by atoms with E-state index in [4.69, 9.17) is 9.47 Å². The number of rotatable bonds is 8. The molecule has 17 heteroatoms. The Balaban J connectivity index is 0.000000205. The number of hydrogen-bond donors (Lipinski definition) is 2. The fourth-order valence-electron chi connectivity index (χ4n) is 4.77. The Morgan fingerprint density at radius 3 is 1.63 bits per heavy atom. The third kappa shape index (κ3) is 9.37. The Bertz CT molecular complexity index is 1620. The first-order valence-electron chi connectivity index (χ1n) is 14.5. The number of aryl methyl sites for hydroxylation is 2. The molecule has 0 radical (unpaired) electrons. The van der Waals surface area contributed by atoms with Gasteiger partial charge in [-0.1, -0.05) is 0 Å². The van der Waals surface area contributed by atoms with Gasteiger partial charge in [0, 0.05) is 74.4 Å². The number of ether oxygens (including phenoxy) is 3. The zero-order valence-electron chi connectivity index (χ0n) is 26.3. The minimum Gasteiger partial charge on any atom is -0.543 e. The minimum absolute atomic E-state index is 0. The van der Waals surface area contributed by atoms with Crippen molar-refractivity contribution in [3.63, 3.8) is 0 Å². The third-order valence-corrected chi connectivity index (χ3v) is 7.26. The quantitative estimate of drug-likeness (QED) is 0.160. The zero-order chi connectivity index (χ0) is 31.8. The number of esters is 1. The Kier molecular flexibility index (Phi) is 13.1. The Morgan fingerprint density at radius 1 is 0.783 bits per heavy atom. The third-order valence-electron chi connectivity index (χ3n) is 7.26. The fraction of sp³-hybridized carbons (Fsp3) is 0.448. The molecule has 0 aliphatic carbocycles. The van der Waals surface area contributed by atoms with Gasteiger partial charge in [0.2, 0.25) is 11.9 Å².